The lowest BCUT2D eigenvalue weighted by Gasteiger charge is -2.42. The number of carbonyl (C=O) groups is 2. The van der Waals surface area contributed by atoms with Crippen LogP contribution in [0.25, 0.3) is 10.6 Å². The monoisotopic (exact) mass is 681 g/mol. The van der Waals surface area contributed by atoms with Gasteiger partial charge in [0, 0.05) is 65.3 Å². The zero-order valence-electron chi connectivity index (χ0n) is 25.2. The van der Waals surface area contributed by atoms with Gasteiger partial charge in [-0.3, -0.25) is 14.6 Å². The summed E-state index contributed by atoms with van der Waals surface area (Å²) in [5.74, 6) is -2.33. The Hall–Kier alpha value is -3.95. The number of aliphatic hydroxyl groups is 2. The molecule has 0 radical (unpaired) electrons. The molecule has 7 rings (SSSR count). The molecule has 6 N–H and O–H groups in total. The first kappa shape index (κ1) is 33.0. The summed E-state index contributed by atoms with van der Waals surface area (Å²) in [6, 6.07) is 7.45. The molecule has 47 heavy (non-hydrogen) atoms. The first-order chi connectivity index (χ1) is 22.0. The topological polar surface area (TPSA) is 195 Å². The molecule has 0 saturated carbocycles. The number of phenolic OH excluding ortho intramolecular Hbond substituents is 2. The highest BCUT2D eigenvalue weighted by molar-refractivity contribution is 7.13. The molecule has 0 bridgehead atoms. The Morgan fingerprint density at radius 3 is 2.49 bits per heavy atom. The number of aromatic nitrogens is 2. The highest BCUT2D eigenvalue weighted by Gasteiger charge is 2.49. The van der Waals surface area contributed by atoms with Crippen molar-refractivity contribution in [3.63, 3.8) is 0 Å². The number of hydrogen-bond acceptors (Lipinski definition) is 13. The number of halogens is 1. The molecular formula is C33H32ClN3O9S. The van der Waals surface area contributed by atoms with Crippen LogP contribution in [-0.4, -0.2) is 73.6 Å². The number of fused-ring (bicyclic) bond motifs is 3. The molecule has 0 spiro atoms. The molecule has 2 aromatic carbocycles. The van der Waals surface area contributed by atoms with Crippen LogP contribution in [0.5, 0.6) is 17.2 Å². The van der Waals surface area contributed by atoms with Crippen LogP contribution in [0.3, 0.4) is 0 Å². The molecule has 2 aromatic heterocycles. The van der Waals surface area contributed by atoms with E-state index in [1.807, 2.05) is 0 Å². The molecule has 246 valence electrons. The van der Waals surface area contributed by atoms with E-state index in [4.69, 9.17) is 24.9 Å². The minimum Gasteiger partial charge on any atom is -0.507 e. The van der Waals surface area contributed by atoms with Crippen molar-refractivity contribution in [2.75, 3.05) is 7.11 Å². The third-order valence-electron chi connectivity index (χ3n) is 9.05. The molecule has 4 unspecified atom stereocenters. The van der Waals surface area contributed by atoms with Crippen molar-refractivity contribution in [3.05, 3.63) is 87.2 Å². The van der Waals surface area contributed by atoms with Gasteiger partial charge in [0.1, 0.15) is 27.9 Å². The second kappa shape index (κ2) is 12.3. The number of nitrogens with two attached hydrogens (primary N) is 1. The molecule has 4 aromatic rings. The van der Waals surface area contributed by atoms with Crippen molar-refractivity contribution < 1.29 is 44.2 Å². The van der Waals surface area contributed by atoms with Gasteiger partial charge >= 0.3 is 0 Å². The fourth-order valence-electron chi connectivity index (χ4n) is 6.70. The first-order valence-corrected chi connectivity index (χ1v) is 15.6. The summed E-state index contributed by atoms with van der Waals surface area (Å²) < 4.78 is 17.6. The van der Waals surface area contributed by atoms with Crippen LogP contribution in [0, 0.1) is 0 Å². The molecule has 1 saturated heterocycles. The number of methoxy groups -OCH3 is 1. The summed E-state index contributed by atoms with van der Waals surface area (Å²) in [6.45, 7) is 1.65. The van der Waals surface area contributed by atoms with Gasteiger partial charge in [-0.25, -0.2) is 4.98 Å². The van der Waals surface area contributed by atoms with Crippen LogP contribution in [0.4, 0.5) is 0 Å². The Labute approximate surface area is 279 Å². The zero-order valence-corrected chi connectivity index (χ0v) is 26.9. The minimum atomic E-state index is -1.73. The molecule has 14 heteroatoms. The second-order valence-corrected chi connectivity index (χ2v) is 12.7. The number of carbonyl (C=O) groups excluding carboxylic acids is 2. The molecule has 12 nitrogen and oxygen atoms in total. The Bertz CT molecular complexity index is 1870. The molecule has 3 aliphatic rings. The minimum absolute atomic E-state index is 0. The zero-order chi connectivity index (χ0) is 32.5. The van der Waals surface area contributed by atoms with Gasteiger partial charge in [-0.05, 0) is 25.1 Å². The number of ketones is 2. The Morgan fingerprint density at radius 2 is 1.79 bits per heavy atom. The average molecular weight is 682 g/mol. The third-order valence-corrected chi connectivity index (χ3v) is 9.94. The average Bonchev–Trinajstić information content (AvgIpc) is 3.56. The fraction of sp³-hybridized carbons (Fsp3) is 0.333. The lowest BCUT2D eigenvalue weighted by atomic mass is 9.72. The Morgan fingerprint density at radius 1 is 1.06 bits per heavy atom. The van der Waals surface area contributed by atoms with Crippen molar-refractivity contribution >= 4 is 35.3 Å². The molecule has 6 atom stereocenters. The number of ether oxygens (including phenoxy) is 3. The van der Waals surface area contributed by atoms with Crippen LogP contribution in [-0.2, 0) is 21.5 Å². The number of benzene rings is 2. The van der Waals surface area contributed by atoms with E-state index in [1.54, 1.807) is 42.9 Å². The normalized spacial score (nSPS) is 26.5. The van der Waals surface area contributed by atoms with Crippen molar-refractivity contribution in [2.45, 2.75) is 62.4 Å². The quantitative estimate of drug-likeness (QED) is 0.170. The van der Waals surface area contributed by atoms with E-state index >= 15 is 0 Å². The fourth-order valence-corrected chi connectivity index (χ4v) is 7.62. The van der Waals surface area contributed by atoms with Crippen LogP contribution in [0.2, 0.25) is 0 Å². The highest BCUT2D eigenvalue weighted by atomic mass is 35.5. The smallest absolute Gasteiger partial charge is 0.202 e. The number of phenols is 2. The van der Waals surface area contributed by atoms with E-state index in [0.29, 0.717) is 10.7 Å². The maximum atomic E-state index is 13.9. The number of nitrogens with zero attached hydrogens (tertiary/aromatic N) is 2. The molecule has 3 heterocycles. The molecular weight excluding hydrogens is 650 g/mol. The van der Waals surface area contributed by atoms with Crippen molar-refractivity contribution in [2.24, 2.45) is 5.73 Å². The van der Waals surface area contributed by atoms with Gasteiger partial charge in [0.2, 0.25) is 5.78 Å². The highest BCUT2D eigenvalue weighted by Crippen LogP contribution is 2.54. The first-order valence-electron chi connectivity index (χ1n) is 14.7. The largest absolute Gasteiger partial charge is 0.507 e. The van der Waals surface area contributed by atoms with E-state index < -0.39 is 59.3 Å². The number of aliphatic hydroxyl groups excluding tert-OH is 1. The Kier molecular flexibility index (Phi) is 8.59. The second-order valence-electron chi connectivity index (χ2n) is 11.9. The van der Waals surface area contributed by atoms with Crippen molar-refractivity contribution in [1.29, 1.82) is 0 Å². The van der Waals surface area contributed by atoms with Crippen molar-refractivity contribution in [3.8, 4) is 27.8 Å². The number of pyridine rings is 1. The summed E-state index contributed by atoms with van der Waals surface area (Å²) in [7, 11) is 1.36. The van der Waals surface area contributed by atoms with Gasteiger partial charge in [-0.1, -0.05) is 12.1 Å². The van der Waals surface area contributed by atoms with Gasteiger partial charge in [-0.15, -0.1) is 23.7 Å². The number of aromatic hydroxyl groups is 2. The maximum absolute atomic E-state index is 13.9. The van der Waals surface area contributed by atoms with Gasteiger partial charge in [-0.2, -0.15) is 0 Å². The van der Waals surface area contributed by atoms with Gasteiger partial charge in [0.15, 0.2) is 12.1 Å². The lowest BCUT2D eigenvalue weighted by Crippen LogP contribution is -2.52. The summed E-state index contributed by atoms with van der Waals surface area (Å²) in [4.78, 5) is 36.5. The third kappa shape index (κ3) is 5.28. The van der Waals surface area contributed by atoms with E-state index in [-0.39, 0.29) is 70.8 Å². The van der Waals surface area contributed by atoms with Crippen LogP contribution >= 0.6 is 23.7 Å². The summed E-state index contributed by atoms with van der Waals surface area (Å²) in [6.07, 6.45) is -0.766. The van der Waals surface area contributed by atoms with Crippen LogP contribution in [0.15, 0.2) is 48.1 Å². The summed E-state index contributed by atoms with van der Waals surface area (Å²) >= 11 is 1.31. The number of thiazole rings is 1. The predicted molar refractivity (Wildman–Crippen MR) is 171 cm³/mol. The van der Waals surface area contributed by atoms with E-state index in [1.165, 1.54) is 30.6 Å². The molecule has 1 fully saturated rings. The standard InChI is InChI=1S/C33H31N3O9S.ClH/c1-14-27(37)18(34)10-22(44-14)45-20-12-33(42,21-13-46-32(36-21)15-6-8-35-9-7-15)11-17-24(20)31(41)26-25(29(17)39)28(38)16-4-3-5-19(43-2)23(16)30(26)40;/h3-9,13-14,18,20,22,27,37,39,41-42H,10-12,34H2,1-2H3;1H/t14?,18?,20-,22?,27?,33-;/m0./s1. The van der Waals surface area contributed by atoms with E-state index in [2.05, 4.69) is 4.98 Å². The number of hydrogen-bond donors (Lipinski definition) is 5. The SMILES string of the molecule is COc1cccc2c1C(=O)c1c(O)c3c(c(O)c1C2=O)C[C@@](O)(c1csc(-c2ccncc2)n1)C[C@@H]3OC1CC(N)C(O)C(C)O1.Cl. The number of rotatable bonds is 5. The maximum Gasteiger partial charge on any atom is 0.202 e. The van der Waals surface area contributed by atoms with Crippen LogP contribution < -0.4 is 10.5 Å². The molecule has 1 aliphatic heterocycles. The summed E-state index contributed by atoms with van der Waals surface area (Å²) in [5, 5.41) is 48.5. The van der Waals surface area contributed by atoms with Gasteiger partial charge in [0.25, 0.3) is 0 Å². The van der Waals surface area contributed by atoms with E-state index in [9.17, 15) is 30.0 Å². The predicted octanol–water partition coefficient (Wildman–Crippen LogP) is 3.54. The summed E-state index contributed by atoms with van der Waals surface area (Å²) in [5.41, 5.74) is 4.83. The Balaban J connectivity index is 0.00000386. The lowest BCUT2D eigenvalue weighted by molar-refractivity contribution is -0.248. The van der Waals surface area contributed by atoms with Gasteiger partial charge < -0.3 is 40.4 Å². The van der Waals surface area contributed by atoms with Crippen molar-refractivity contribution in [1.82, 2.24) is 9.97 Å². The molecule has 0 amide bonds. The molecule has 2 aliphatic carbocycles. The van der Waals surface area contributed by atoms with E-state index in [0.717, 1.165) is 5.56 Å². The van der Waals surface area contributed by atoms with Crippen LogP contribution in [0.1, 0.15) is 74.5 Å². The van der Waals surface area contributed by atoms with Gasteiger partial charge in [0.05, 0.1) is 47.8 Å².